The summed E-state index contributed by atoms with van der Waals surface area (Å²) in [6.07, 6.45) is 0. The zero-order valence-corrected chi connectivity index (χ0v) is 12.1. The first-order valence-corrected chi connectivity index (χ1v) is 0. The predicted molar refractivity (Wildman–Crippen MR) is 5.75 cm³/mol. The summed E-state index contributed by atoms with van der Waals surface area (Å²) in [6.45, 7) is 0. The van der Waals surface area contributed by atoms with Crippen LogP contribution in [0.5, 0.6) is 0 Å². The molecule has 0 unspecified atom stereocenters. The van der Waals surface area contributed by atoms with Crippen LogP contribution in [-0.4, -0.2) is 23.1 Å². The van der Waals surface area contributed by atoms with Crippen LogP contribution in [0.3, 0.4) is 0 Å². The van der Waals surface area contributed by atoms with Crippen LogP contribution in [0.15, 0.2) is 0 Å². The molecule has 0 atom stereocenters. The SMILES string of the molecule is [Mg].[Mo].[Nb].[Ni].[Ta]. The molecule has 0 aliphatic carbocycles. The van der Waals surface area contributed by atoms with Gasteiger partial charge in [0.05, 0.1) is 0 Å². The second-order valence-electron chi connectivity index (χ2n) is 0. The van der Waals surface area contributed by atoms with Crippen molar-refractivity contribution in [1.29, 1.82) is 0 Å². The molecule has 0 bridgehead atoms. The molecule has 0 aliphatic rings. The first-order chi connectivity index (χ1) is 0. The molecule has 28 valence electrons. The second-order valence-corrected chi connectivity index (χ2v) is 0. The van der Waals surface area contributed by atoms with Gasteiger partial charge < -0.3 is 0 Å². The summed E-state index contributed by atoms with van der Waals surface area (Å²) in [7, 11) is 0. The Labute approximate surface area is 103 Å². The van der Waals surface area contributed by atoms with Crippen LogP contribution in [0, 0.1) is 0 Å². The van der Waals surface area contributed by atoms with Gasteiger partial charge in [0.15, 0.2) is 0 Å². The molecule has 0 saturated carbocycles. The minimum absolute atomic E-state index is 0. The van der Waals surface area contributed by atoms with E-state index in [1.807, 2.05) is 0 Å². The summed E-state index contributed by atoms with van der Waals surface area (Å²) in [6, 6.07) is 0. The maximum absolute atomic E-state index is 0. The molecule has 0 N–H and O–H groups in total. The van der Waals surface area contributed by atoms with E-state index in [-0.39, 0.29) is 105 Å². The van der Waals surface area contributed by atoms with E-state index in [0.717, 1.165) is 0 Å². The van der Waals surface area contributed by atoms with Crippen molar-refractivity contribution in [3.63, 3.8) is 0 Å². The van der Waals surface area contributed by atoms with Crippen LogP contribution in [0.1, 0.15) is 0 Å². The van der Waals surface area contributed by atoms with Crippen molar-refractivity contribution in [2.45, 2.75) is 0 Å². The third kappa shape index (κ3) is 18.6. The predicted octanol–water partition coefficient (Wildman–Crippen LogP) is -0.391. The molecule has 0 aromatic carbocycles. The van der Waals surface area contributed by atoms with Crippen molar-refractivity contribution < 1.29 is 82.3 Å². The first kappa shape index (κ1) is 39.6. The average Bonchev–Trinajstić information content (AvgIpc) is 0. The molecule has 4 radical (unpaired) electrons. The Morgan fingerprint density at radius 3 is 1.00 bits per heavy atom. The maximum Gasteiger partial charge on any atom is 0 e. The Morgan fingerprint density at radius 1 is 1.00 bits per heavy atom. The van der Waals surface area contributed by atoms with Gasteiger partial charge in [-0.05, 0) is 0 Å². The van der Waals surface area contributed by atoms with Gasteiger partial charge in [-0.3, -0.25) is 0 Å². The molecule has 0 aromatic rings. The Kier molecular flexibility index (Phi) is 207. The normalized spacial score (nSPS) is 0. The molecule has 0 rings (SSSR count). The van der Waals surface area contributed by atoms with Gasteiger partial charge in [0.25, 0.3) is 0 Å². The Hall–Kier alpha value is 3.43. The topological polar surface area (TPSA) is 0 Å². The van der Waals surface area contributed by atoms with Crippen LogP contribution in [0.2, 0.25) is 0 Å². The van der Waals surface area contributed by atoms with Gasteiger partial charge in [-0.15, -0.1) is 0 Å². The fourth-order valence-electron chi connectivity index (χ4n) is 0. The van der Waals surface area contributed by atoms with Gasteiger partial charge in [0.2, 0.25) is 0 Å². The molecule has 5 heteroatoms. The Morgan fingerprint density at radius 2 is 1.00 bits per heavy atom. The molecular weight excluding hydrogens is 453 g/mol. The van der Waals surface area contributed by atoms with E-state index in [4.69, 9.17) is 0 Å². The molecule has 0 amide bonds. The Balaban J connectivity index is 0. The number of hydrogen-bond donors (Lipinski definition) is 0. The van der Waals surface area contributed by atoms with Crippen LogP contribution < -0.4 is 0 Å². The van der Waals surface area contributed by atoms with Crippen molar-refractivity contribution in [2.75, 3.05) is 0 Å². The third-order valence-electron chi connectivity index (χ3n) is 0. The summed E-state index contributed by atoms with van der Waals surface area (Å²) >= 11 is 0. The van der Waals surface area contributed by atoms with E-state index in [0.29, 0.717) is 0 Å². The van der Waals surface area contributed by atoms with E-state index in [9.17, 15) is 0 Å². The summed E-state index contributed by atoms with van der Waals surface area (Å²) in [4.78, 5) is 0. The molecule has 0 fully saturated rings. The molecule has 5 heavy (non-hydrogen) atoms. The number of rotatable bonds is 0. The van der Waals surface area contributed by atoms with Crippen molar-refractivity contribution in [2.24, 2.45) is 0 Å². The molecule has 0 aromatic heterocycles. The van der Waals surface area contributed by atoms with Gasteiger partial charge in [-0.25, -0.2) is 0 Å². The van der Waals surface area contributed by atoms with Crippen LogP contribution in [0.4, 0.5) is 0 Å². The average molecular weight is 453 g/mol. The number of hydrogen-bond acceptors (Lipinski definition) is 0. The molecule has 0 spiro atoms. The van der Waals surface area contributed by atoms with E-state index >= 15 is 0 Å². The summed E-state index contributed by atoms with van der Waals surface area (Å²) in [5.74, 6) is 0. The Bertz CT molecular complexity index is 11.6. The largest absolute Gasteiger partial charge is 0 e. The summed E-state index contributed by atoms with van der Waals surface area (Å²) in [5, 5.41) is 0. The third-order valence-corrected chi connectivity index (χ3v) is 0. The zero-order chi connectivity index (χ0) is 0. The second kappa shape index (κ2) is 26.1. The van der Waals surface area contributed by atoms with Crippen molar-refractivity contribution >= 4 is 23.1 Å². The van der Waals surface area contributed by atoms with Gasteiger partial charge in [0.1, 0.15) is 0 Å². The minimum atomic E-state index is 0. The van der Waals surface area contributed by atoms with Gasteiger partial charge in [-0.2, -0.15) is 0 Å². The first-order valence-electron chi connectivity index (χ1n) is 0. The maximum atomic E-state index is 0. The fraction of sp³-hybridized carbons (Fsp3) is 0. The van der Waals surface area contributed by atoms with Crippen molar-refractivity contribution in [3.8, 4) is 0 Å². The molecule has 0 heterocycles. The minimum Gasteiger partial charge on any atom is 0 e. The molecule has 0 nitrogen and oxygen atoms in total. The van der Waals surface area contributed by atoms with E-state index < -0.39 is 0 Å². The van der Waals surface area contributed by atoms with E-state index in [1.165, 1.54) is 0 Å². The quantitative estimate of drug-likeness (QED) is 0.439. The van der Waals surface area contributed by atoms with Crippen LogP contribution in [0.25, 0.3) is 0 Å². The van der Waals surface area contributed by atoms with Gasteiger partial charge >= 0.3 is 0 Å². The molecule has 0 aliphatic heterocycles. The van der Waals surface area contributed by atoms with Gasteiger partial charge in [-0.1, -0.05) is 0 Å². The van der Waals surface area contributed by atoms with E-state index in [2.05, 4.69) is 0 Å². The zero-order valence-electron chi connectivity index (χ0n) is 2.33. The monoisotopic (exact) mass is 454 g/mol. The molecular formula is MgMoNbNiTa. The van der Waals surface area contributed by atoms with Crippen molar-refractivity contribution in [3.05, 3.63) is 0 Å². The smallest absolute Gasteiger partial charge is 0 e. The fourth-order valence-corrected chi connectivity index (χ4v) is 0. The van der Waals surface area contributed by atoms with Crippen LogP contribution in [-0.2, 0) is 82.3 Å². The van der Waals surface area contributed by atoms with Crippen LogP contribution >= 0.6 is 0 Å². The van der Waals surface area contributed by atoms with E-state index in [1.54, 1.807) is 0 Å². The molecule has 0 saturated heterocycles. The standard InChI is InChI=1S/Mg.Mo.Nb.Ni.Ta. The summed E-state index contributed by atoms with van der Waals surface area (Å²) in [5.41, 5.74) is 0. The summed E-state index contributed by atoms with van der Waals surface area (Å²) < 4.78 is 0. The van der Waals surface area contributed by atoms with Crippen molar-refractivity contribution in [1.82, 2.24) is 0 Å². The van der Waals surface area contributed by atoms with Gasteiger partial charge in [0, 0.05) is 105 Å².